The van der Waals surface area contributed by atoms with E-state index in [4.69, 9.17) is 4.74 Å². The highest BCUT2D eigenvalue weighted by Crippen LogP contribution is 2.12. The van der Waals surface area contributed by atoms with Gasteiger partial charge >= 0.3 is 6.09 Å². The molecule has 1 amide bonds. The summed E-state index contributed by atoms with van der Waals surface area (Å²) in [6.45, 7) is 7.02. The number of para-hydroxylation sites is 2. The van der Waals surface area contributed by atoms with Crippen LogP contribution in [0.1, 0.15) is 39.4 Å². The second-order valence-electron chi connectivity index (χ2n) is 5.84. The van der Waals surface area contributed by atoms with E-state index in [0.29, 0.717) is 11.0 Å². The lowest BCUT2D eigenvalue weighted by molar-refractivity contribution is 0.0506. The van der Waals surface area contributed by atoms with Crippen molar-refractivity contribution in [3.63, 3.8) is 0 Å². The second-order valence-corrected chi connectivity index (χ2v) is 5.84. The number of fused-ring (bicyclic) bond motifs is 1. The van der Waals surface area contributed by atoms with E-state index >= 15 is 0 Å². The Labute approximate surface area is 122 Å². The normalized spacial score (nSPS) is 13.0. The fourth-order valence-corrected chi connectivity index (χ4v) is 1.89. The average molecular weight is 289 g/mol. The van der Waals surface area contributed by atoms with E-state index in [-0.39, 0.29) is 11.3 Å². The van der Waals surface area contributed by atoms with E-state index in [1.807, 2.05) is 12.1 Å². The molecule has 0 saturated carbocycles. The van der Waals surface area contributed by atoms with Crippen LogP contribution in [0.3, 0.4) is 0 Å². The maximum atomic E-state index is 12.0. The molecule has 0 bridgehead atoms. The third kappa shape index (κ3) is 3.81. The Morgan fingerprint density at radius 1 is 1.33 bits per heavy atom. The van der Waals surface area contributed by atoms with Gasteiger partial charge in [0.1, 0.15) is 11.3 Å². The number of H-pyrrole nitrogens is 1. The summed E-state index contributed by atoms with van der Waals surface area (Å²) in [7, 11) is 0. The number of amides is 1. The maximum Gasteiger partial charge on any atom is 0.408 e. The molecule has 0 saturated heterocycles. The van der Waals surface area contributed by atoms with Gasteiger partial charge in [0, 0.05) is 0 Å². The molecule has 1 heterocycles. The van der Waals surface area contributed by atoms with Gasteiger partial charge in [-0.05, 0) is 39.8 Å². The van der Waals surface area contributed by atoms with E-state index in [1.54, 1.807) is 39.8 Å². The van der Waals surface area contributed by atoms with E-state index in [9.17, 15) is 9.59 Å². The molecule has 1 aromatic carbocycles. The van der Waals surface area contributed by atoms with Crippen LogP contribution in [0.2, 0.25) is 0 Å². The van der Waals surface area contributed by atoms with Gasteiger partial charge in [0.2, 0.25) is 0 Å². The van der Waals surface area contributed by atoms with Gasteiger partial charge in [-0.1, -0.05) is 12.1 Å². The van der Waals surface area contributed by atoms with Crippen molar-refractivity contribution < 1.29 is 9.53 Å². The molecule has 0 radical (unpaired) electrons. The van der Waals surface area contributed by atoms with Gasteiger partial charge in [-0.2, -0.15) is 0 Å². The van der Waals surface area contributed by atoms with Crippen LogP contribution in [0.25, 0.3) is 11.0 Å². The predicted octanol–water partition coefficient (Wildman–Crippen LogP) is 2.51. The fourth-order valence-electron chi connectivity index (χ4n) is 1.89. The largest absolute Gasteiger partial charge is 0.444 e. The molecular formula is C15H19N3O3. The van der Waals surface area contributed by atoms with Crippen LogP contribution in [0, 0.1) is 0 Å². The molecule has 2 N–H and O–H groups in total. The zero-order valence-corrected chi connectivity index (χ0v) is 12.6. The Balaban J connectivity index is 2.23. The van der Waals surface area contributed by atoms with Crippen molar-refractivity contribution in [3.8, 4) is 0 Å². The smallest absolute Gasteiger partial charge is 0.408 e. The molecule has 21 heavy (non-hydrogen) atoms. The van der Waals surface area contributed by atoms with Crippen LogP contribution >= 0.6 is 0 Å². The Morgan fingerprint density at radius 2 is 2.00 bits per heavy atom. The Morgan fingerprint density at radius 3 is 2.67 bits per heavy atom. The molecule has 2 aromatic rings. The molecule has 1 unspecified atom stereocenters. The van der Waals surface area contributed by atoms with Gasteiger partial charge < -0.3 is 15.0 Å². The molecule has 0 spiro atoms. The minimum absolute atomic E-state index is 0.250. The third-order valence-electron chi connectivity index (χ3n) is 2.77. The Hall–Kier alpha value is -2.37. The van der Waals surface area contributed by atoms with E-state index in [1.165, 1.54) is 0 Å². The third-order valence-corrected chi connectivity index (χ3v) is 2.77. The number of hydrogen-bond acceptors (Lipinski definition) is 4. The van der Waals surface area contributed by atoms with Gasteiger partial charge in [0.15, 0.2) is 0 Å². The number of aromatic nitrogens is 2. The fraction of sp³-hybridized carbons (Fsp3) is 0.400. The lowest BCUT2D eigenvalue weighted by Gasteiger charge is -2.21. The highest BCUT2D eigenvalue weighted by atomic mass is 16.6. The molecule has 112 valence electrons. The van der Waals surface area contributed by atoms with Crippen LogP contribution in [0.4, 0.5) is 4.79 Å². The number of alkyl carbamates (subject to hydrolysis) is 1. The van der Waals surface area contributed by atoms with Gasteiger partial charge in [-0.25, -0.2) is 9.78 Å². The molecule has 0 aliphatic rings. The van der Waals surface area contributed by atoms with Gasteiger partial charge in [-0.3, -0.25) is 4.79 Å². The number of nitrogens with zero attached hydrogens (tertiary/aromatic N) is 1. The molecule has 1 atom stereocenters. The summed E-state index contributed by atoms with van der Waals surface area (Å²) in [6, 6.07) is 6.69. The molecule has 0 aliphatic carbocycles. The zero-order chi connectivity index (χ0) is 15.6. The Bertz CT molecular complexity index is 716. The molecular weight excluding hydrogens is 270 g/mol. The van der Waals surface area contributed by atoms with Crippen molar-refractivity contribution in [2.24, 2.45) is 0 Å². The van der Waals surface area contributed by atoms with Crippen molar-refractivity contribution in [3.05, 3.63) is 40.3 Å². The van der Waals surface area contributed by atoms with E-state index in [2.05, 4.69) is 15.3 Å². The number of rotatable bonds is 2. The summed E-state index contributed by atoms with van der Waals surface area (Å²) in [5, 5.41) is 2.61. The first-order chi connectivity index (χ1) is 9.76. The first-order valence-electron chi connectivity index (χ1n) is 6.75. The van der Waals surface area contributed by atoms with Crippen molar-refractivity contribution in [2.45, 2.75) is 39.3 Å². The number of nitrogens with one attached hydrogen (secondary N) is 2. The first-order valence-corrected chi connectivity index (χ1v) is 6.75. The molecule has 0 fully saturated rings. The van der Waals surface area contributed by atoms with Crippen LogP contribution < -0.4 is 10.9 Å². The predicted molar refractivity (Wildman–Crippen MR) is 80.1 cm³/mol. The average Bonchev–Trinajstić information content (AvgIpc) is 2.35. The second kappa shape index (κ2) is 5.55. The minimum atomic E-state index is -0.590. The maximum absolute atomic E-state index is 12.0. The molecule has 0 aliphatic heterocycles. The monoisotopic (exact) mass is 289 g/mol. The van der Waals surface area contributed by atoms with Crippen molar-refractivity contribution >= 4 is 17.1 Å². The summed E-state index contributed by atoms with van der Waals surface area (Å²) in [5.74, 6) is 0. The summed E-state index contributed by atoms with van der Waals surface area (Å²) in [5.41, 5.74) is 0.671. The lowest BCUT2D eigenvalue weighted by Crippen LogP contribution is -2.36. The summed E-state index contributed by atoms with van der Waals surface area (Å²) in [4.78, 5) is 30.8. The van der Waals surface area contributed by atoms with Crippen LogP contribution in [-0.4, -0.2) is 21.7 Å². The van der Waals surface area contributed by atoms with Crippen molar-refractivity contribution in [1.82, 2.24) is 15.3 Å². The summed E-state index contributed by atoms with van der Waals surface area (Å²) in [6.07, 6.45) is -0.579. The number of carbonyl (C=O) groups is 1. The minimum Gasteiger partial charge on any atom is -0.444 e. The van der Waals surface area contributed by atoms with Crippen molar-refractivity contribution in [2.75, 3.05) is 0 Å². The van der Waals surface area contributed by atoms with Gasteiger partial charge in [0.05, 0.1) is 17.1 Å². The highest BCUT2D eigenvalue weighted by Gasteiger charge is 2.20. The highest BCUT2D eigenvalue weighted by molar-refractivity contribution is 5.74. The van der Waals surface area contributed by atoms with Crippen LogP contribution in [0.5, 0.6) is 0 Å². The summed E-state index contributed by atoms with van der Waals surface area (Å²) >= 11 is 0. The Kier molecular flexibility index (Phi) is 3.97. The van der Waals surface area contributed by atoms with E-state index in [0.717, 1.165) is 0 Å². The van der Waals surface area contributed by atoms with Crippen LogP contribution in [-0.2, 0) is 4.74 Å². The molecule has 1 aromatic heterocycles. The number of hydrogen-bond donors (Lipinski definition) is 2. The summed E-state index contributed by atoms with van der Waals surface area (Å²) < 4.78 is 5.17. The van der Waals surface area contributed by atoms with Gasteiger partial charge in [0.25, 0.3) is 5.56 Å². The number of carbonyl (C=O) groups excluding carboxylic acids is 1. The molecule has 2 rings (SSSR count). The standard InChI is InChI=1S/C15H19N3O3/c1-9(16-14(20)21-15(2,3)4)12-13(19)18-11-8-6-5-7-10(11)17-12/h5-9H,1-4H3,(H,16,20)(H,18,19). The quantitative estimate of drug-likeness (QED) is 0.889. The number of benzene rings is 1. The zero-order valence-electron chi connectivity index (χ0n) is 12.6. The first kappa shape index (κ1) is 15.0. The van der Waals surface area contributed by atoms with E-state index < -0.39 is 17.7 Å². The van der Waals surface area contributed by atoms with Crippen molar-refractivity contribution in [1.29, 1.82) is 0 Å². The number of ether oxygens (including phenoxy) is 1. The van der Waals surface area contributed by atoms with Crippen LogP contribution in [0.15, 0.2) is 29.1 Å². The SMILES string of the molecule is CC(NC(=O)OC(C)(C)C)c1nc2ccccc2[nH]c1=O. The van der Waals surface area contributed by atoms with Gasteiger partial charge in [-0.15, -0.1) is 0 Å². The lowest BCUT2D eigenvalue weighted by atomic mass is 10.2. The molecule has 6 heteroatoms. The number of aromatic amines is 1. The topological polar surface area (TPSA) is 84.1 Å². The molecule has 6 nitrogen and oxygen atoms in total.